The Kier molecular flexibility index (Phi) is 5.87. The predicted octanol–water partition coefficient (Wildman–Crippen LogP) is 3.37. The van der Waals surface area contributed by atoms with Crippen LogP contribution < -0.4 is 10.6 Å². The minimum atomic E-state index is 0.0224. The van der Waals surface area contributed by atoms with Crippen molar-refractivity contribution >= 4 is 28.8 Å². The van der Waals surface area contributed by atoms with Crippen LogP contribution in [0.1, 0.15) is 43.4 Å². The van der Waals surface area contributed by atoms with E-state index >= 15 is 0 Å². The predicted molar refractivity (Wildman–Crippen MR) is 85.5 cm³/mol. The number of carbonyl (C=O) groups is 1. The van der Waals surface area contributed by atoms with E-state index < -0.39 is 0 Å². The van der Waals surface area contributed by atoms with Crippen molar-refractivity contribution in [2.45, 2.75) is 50.5 Å². The third-order valence-corrected chi connectivity index (χ3v) is 5.45. The molecule has 1 saturated carbocycles. The van der Waals surface area contributed by atoms with Crippen molar-refractivity contribution in [1.29, 1.82) is 0 Å². The van der Waals surface area contributed by atoms with E-state index in [4.69, 9.17) is 11.6 Å². The van der Waals surface area contributed by atoms with Gasteiger partial charge in [0, 0.05) is 23.4 Å². The molecule has 3 nitrogen and oxygen atoms in total. The first-order valence-corrected chi connectivity index (χ1v) is 8.53. The first-order valence-electron chi connectivity index (χ1n) is 7.33. The lowest BCUT2D eigenvalue weighted by Crippen LogP contribution is -2.48. The van der Waals surface area contributed by atoms with E-state index in [2.05, 4.69) is 10.6 Å². The van der Waals surface area contributed by atoms with Crippen LogP contribution in [0.4, 0.5) is 0 Å². The van der Waals surface area contributed by atoms with Gasteiger partial charge in [-0.3, -0.25) is 4.79 Å². The fourth-order valence-electron chi connectivity index (χ4n) is 2.92. The normalized spacial score (nSPS) is 17.9. The highest BCUT2D eigenvalue weighted by atomic mass is 35.5. The lowest BCUT2D eigenvalue weighted by atomic mass is 9.79. The molecule has 1 aliphatic rings. The maximum atomic E-state index is 12.1. The molecular formula is C15H23ClN2OS. The molecule has 20 heavy (non-hydrogen) atoms. The molecule has 0 unspecified atom stereocenters. The van der Waals surface area contributed by atoms with Gasteiger partial charge in [0.1, 0.15) is 0 Å². The van der Waals surface area contributed by atoms with E-state index in [1.807, 2.05) is 19.2 Å². The number of rotatable bonds is 6. The molecule has 2 rings (SSSR count). The molecule has 1 aliphatic carbocycles. The Morgan fingerprint density at radius 2 is 2.10 bits per heavy atom. The number of hydrogen-bond donors (Lipinski definition) is 2. The minimum absolute atomic E-state index is 0.0224. The molecule has 2 N–H and O–H groups in total. The van der Waals surface area contributed by atoms with Crippen LogP contribution >= 0.6 is 22.9 Å². The molecule has 1 amide bonds. The Bertz CT molecular complexity index is 441. The van der Waals surface area contributed by atoms with Crippen LogP contribution in [0.2, 0.25) is 4.34 Å². The van der Waals surface area contributed by atoms with E-state index in [9.17, 15) is 4.79 Å². The van der Waals surface area contributed by atoms with Crippen molar-refractivity contribution in [1.82, 2.24) is 10.6 Å². The zero-order chi connectivity index (χ0) is 14.4. The highest BCUT2D eigenvalue weighted by molar-refractivity contribution is 7.16. The summed E-state index contributed by atoms with van der Waals surface area (Å²) in [7, 11) is 1.98. The molecule has 0 atom stereocenters. The number of nitrogens with one attached hydrogen (secondary N) is 2. The number of carbonyl (C=O) groups excluding carboxylic acids is 1. The van der Waals surface area contributed by atoms with Gasteiger partial charge in [-0.25, -0.2) is 0 Å². The Labute approximate surface area is 130 Å². The van der Waals surface area contributed by atoms with Gasteiger partial charge >= 0.3 is 0 Å². The quantitative estimate of drug-likeness (QED) is 0.845. The second-order valence-corrected chi connectivity index (χ2v) is 7.37. The summed E-state index contributed by atoms with van der Waals surface area (Å²) in [6, 6.07) is 3.93. The van der Waals surface area contributed by atoms with Crippen LogP contribution in [0.25, 0.3) is 0 Å². The molecular weight excluding hydrogens is 292 g/mol. The van der Waals surface area contributed by atoms with Crippen molar-refractivity contribution < 1.29 is 4.79 Å². The minimum Gasteiger partial charge on any atom is -0.356 e. The molecule has 0 aliphatic heterocycles. The number of halogens is 1. The van der Waals surface area contributed by atoms with Crippen LogP contribution in [-0.2, 0) is 11.2 Å². The van der Waals surface area contributed by atoms with Crippen molar-refractivity contribution in [3.63, 3.8) is 0 Å². The van der Waals surface area contributed by atoms with Gasteiger partial charge in [0.05, 0.1) is 4.34 Å². The Hall–Kier alpha value is -0.580. The first kappa shape index (κ1) is 15.8. The van der Waals surface area contributed by atoms with E-state index in [1.54, 1.807) is 11.3 Å². The maximum Gasteiger partial charge on any atom is 0.221 e. The van der Waals surface area contributed by atoms with Crippen LogP contribution in [0.3, 0.4) is 0 Å². The molecule has 0 radical (unpaired) electrons. The zero-order valence-electron chi connectivity index (χ0n) is 12.0. The zero-order valence-corrected chi connectivity index (χ0v) is 13.6. The summed E-state index contributed by atoms with van der Waals surface area (Å²) in [5, 5.41) is 6.41. The monoisotopic (exact) mass is 314 g/mol. The molecule has 0 aromatic carbocycles. The average Bonchev–Trinajstić information content (AvgIpc) is 2.85. The molecule has 0 saturated heterocycles. The molecule has 1 aromatic rings. The molecule has 0 spiro atoms. The molecule has 5 heteroatoms. The maximum absolute atomic E-state index is 12.1. The van der Waals surface area contributed by atoms with E-state index in [0.29, 0.717) is 13.0 Å². The smallest absolute Gasteiger partial charge is 0.221 e. The summed E-state index contributed by atoms with van der Waals surface area (Å²) >= 11 is 7.47. The summed E-state index contributed by atoms with van der Waals surface area (Å²) in [5.74, 6) is 0.156. The lowest BCUT2D eigenvalue weighted by molar-refractivity contribution is -0.122. The van der Waals surface area contributed by atoms with Crippen LogP contribution in [-0.4, -0.2) is 25.0 Å². The fraction of sp³-hybridized carbons (Fsp3) is 0.667. The third kappa shape index (κ3) is 4.47. The number of amides is 1. The summed E-state index contributed by atoms with van der Waals surface area (Å²) < 4.78 is 0.808. The van der Waals surface area contributed by atoms with Crippen molar-refractivity contribution in [2.24, 2.45) is 0 Å². The molecule has 112 valence electrons. The Morgan fingerprint density at radius 3 is 2.70 bits per heavy atom. The SMILES string of the molecule is CNC1(CC(=O)NCCc2ccc(Cl)s2)CCCCC1. The molecule has 0 bridgehead atoms. The van der Waals surface area contributed by atoms with Gasteiger partial charge in [-0.2, -0.15) is 0 Å². The average molecular weight is 315 g/mol. The van der Waals surface area contributed by atoms with Crippen LogP contribution in [0.5, 0.6) is 0 Å². The summed E-state index contributed by atoms with van der Waals surface area (Å²) in [6.07, 6.45) is 7.41. The fourth-order valence-corrected chi connectivity index (χ4v) is 4.01. The molecule has 1 fully saturated rings. The lowest BCUT2D eigenvalue weighted by Gasteiger charge is -2.36. The molecule has 1 heterocycles. The van der Waals surface area contributed by atoms with E-state index in [0.717, 1.165) is 23.6 Å². The van der Waals surface area contributed by atoms with Gasteiger partial charge < -0.3 is 10.6 Å². The van der Waals surface area contributed by atoms with E-state index in [-0.39, 0.29) is 11.4 Å². The van der Waals surface area contributed by atoms with Gasteiger partial charge in [0.25, 0.3) is 0 Å². The summed E-state index contributed by atoms with van der Waals surface area (Å²) in [5.41, 5.74) is 0.0224. The standard InChI is InChI=1S/C15H23ClN2OS/c1-17-15(8-3-2-4-9-15)11-14(19)18-10-7-12-5-6-13(16)20-12/h5-6,17H,2-4,7-11H2,1H3,(H,18,19). The second-order valence-electron chi connectivity index (χ2n) is 5.57. The Balaban J connectivity index is 1.74. The summed E-state index contributed by atoms with van der Waals surface area (Å²) in [6.45, 7) is 0.690. The van der Waals surface area contributed by atoms with Gasteiger partial charge in [0.15, 0.2) is 0 Å². The third-order valence-electron chi connectivity index (χ3n) is 4.16. The second kappa shape index (κ2) is 7.43. The number of thiophene rings is 1. The Morgan fingerprint density at radius 1 is 1.35 bits per heavy atom. The van der Waals surface area contributed by atoms with Crippen molar-refractivity contribution in [3.8, 4) is 0 Å². The highest BCUT2D eigenvalue weighted by Gasteiger charge is 2.32. The van der Waals surface area contributed by atoms with Gasteiger partial charge in [-0.15, -0.1) is 11.3 Å². The van der Waals surface area contributed by atoms with Gasteiger partial charge in [-0.05, 0) is 38.4 Å². The van der Waals surface area contributed by atoms with Crippen molar-refractivity contribution in [2.75, 3.05) is 13.6 Å². The topological polar surface area (TPSA) is 41.1 Å². The van der Waals surface area contributed by atoms with Crippen molar-refractivity contribution in [3.05, 3.63) is 21.3 Å². The largest absolute Gasteiger partial charge is 0.356 e. The first-order chi connectivity index (χ1) is 9.63. The van der Waals surface area contributed by atoms with Gasteiger partial charge in [0.2, 0.25) is 5.91 Å². The van der Waals surface area contributed by atoms with Gasteiger partial charge in [-0.1, -0.05) is 30.9 Å². The van der Waals surface area contributed by atoms with Crippen LogP contribution in [0, 0.1) is 0 Å². The molecule has 1 aromatic heterocycles. The van der Waals surface area contributed by atoms with E-state index in [1.165, 1.54) is 24.1 Å². The van der Waals surface area contributed by atoms with Crippen LogP contribution in [0.15, 0.2) is 12.1 Å². The highest BCUT2D eigenvalue weighted by Crippen LogP contribution is 2.30. The summed E-state index contributed by atoms with van der Waals surface area (Å²) in [4.78, 5) is 13.3. The number of hydrogen-bond acceptors (Lipinski definition) is 3.